The number of rotatable bonds is 3. The third kappa shape index (κ3) is 2.73. The zero-order valence-electron chi connectivity index (χ0n) is 11.5. The van der Waals surface area contributed by atoms with E-state index in [-0.39, 0.29) is 0 Å². The van der Waals surface area contributed by atoms with Crippen molar-refractivity contribution in [1.82, 2.24) is 0 Å². The van der Waals surface area contributed by atoms with Gasteiger partial charge < -0.3 is 10.0 Å². The molecule has 1 aromatic rings. The van der Waals surface area contributed by atoms with Crippen LogP contribution < -0.4 is 5.46 Å². The molecule has 0 saturated heterocycles. The van der Waals surface area contributed by atoms with Gasteiger partial charge in [0.2, 0.25) is 0 Å². The Bertz CT molecular complexity index is 432. The van der Waals surface area contributed by atoms with Crippen LogP contribution in [0, 0.1) is 0 Å². The summed E-state index contributed by atoms with van der Waals surface area (Å²) in [6.07, 6.45) is 10.2. The highest BCUT2D eigenvalue weighted by Crippen LogP contribution is 2.38. The number of hydrogen-bond acceptors (Lipinski definition) is 2. The lowest BCUT2D eigenvalue weighted by molar-refractivity contribution is 0.425. The van der Waals surface area contributed by atoms with Crippen molar-refractivity contribution in [1.29, 1.82) is 0 Å². The lowest BCUT2D eigenvalue weighted by atomic mass is 9.72. The van der Waals surface area contributed by atoms with Crippen LogP contribution in [-0.4, -0.2) is 17.2 Å². The van der Waals surface area contributed by atoms with Crippen LogP contribution in [0.3, 0.4) is 0 Å². The van der Waals surface area contributed by atoms with Crippen LogP contribution in [0.1, 0.15) is 74.3 Å². The van der Waals surface area contributed by atoms with Crippen LogP contribution in [0.15, 0.2) is 18.2 Å². The van der Waals surface area contributed by atoms with Gasteiger partial charge in [-0.1, -0.05) is 43.9 Å². The Morgan fingerprint density at radius 1 is 0.842 bits per heavy atom. The fourth-order valence-corrected chi connectivity index (χ4v) is 3.93. The van der Waals surface area contributed by atoms with Gasteiger partial charge in [-0.05, 0) is 54.1 Å². The maximum absolute atomic E-state index is 9.58. The topological polar surface area (TPSA) is 40.5 Å². The van der Waals surface area contributed by atoms with Crippen molar-refractivity contribution < 1.29 is 10.0 Å². The highest BCUT2D eigenvalue weighted by Gasteiger charge is 2.26. The summed E-state index contributed by atoms with van der Waals surface area (Å²) in [5.74, 6) is 1.24. The van der Waals surface area contributed by atoms with Crippen molar-refractivity contribution in [3.05, 3.63) is 29.3 Å². The van der Waals surface area contributed by atoms with E-state index in [4.69, 9.17) is 0 Å². The Morgan fingerprint density at radius 2 is 1.42 bits per heavy atom. The highest BCUT2D eigenvalue weighted by atomic mass is 16.4. The summed E-state index contributed by atoms with van der Waals surface area (Å²) in [5, 5.41) is 19.2. The van der Waals surface area contributed by atoms with Crippen molar-refractivity contribution in [2.75, 3.05) is 0 Å². The van der Waals surface area contributed by atoms with E-state index >= 15 is 0 Å². The first kappa shape index (κ1) is 13.2. The third-order valence-electron chi connectivity index (χ3n) is 5.01. The molecular weight excluding hydrogens is 235 g/mol. The van der Waals surface area contributed by atoms with E-state index in [0.29, 0.717) is 11.8 Å². The van der Waals surface area contributed by atoms with E-state index in [1.165, 1.54) is 62.5 Å². The smallest absolute Gasteiger partial charge is 0.423 e. The van der Waals surface area contributed by atoms with Gasteiger partial charge in [0, 0.05) is 0 Å². The van der Waals surface area contributed by atoms with E-state index in [2.05, 4.69) is 12.1 Å². The predicted octanol–water partition coefficient (Wildman–Crippen LogP) is 2.68. The minimum absolute atomic E-state index is 0.540. The van der Waals surface area contributed by atoms with E-state index in [9.17, 15) is 10.0 Å². The number of benzene rings is 1. The zero-order chi connectivity index (χ0) is 13.2. The standard InChI is InChI=1S/C16H23BO2/c18-17(19)16-10-9-14(12-5-1-2-6-12)11-15(16)13-7-3-4-8-13/h9-13,18-19H,1-8H2. The molecule has 2 saturated carbocycles. The fourth-order valence-electron chi connectivity index (χ4n) is 3.93. The third-order valence-corrected chi connectivity index (χ3v) is 5.01. The molecule has 0 spiro atoms. The summed E-state index contributed by atoms with van der Waals surface area (Å²) in [6, 6.07) is 6.34. The molecule has 2 N–H and O–H groups in total. The first-order valence-corrected chi connectivity index (χ1v) is 7.75. The maximum atomic E-state index is 9.58. The van der Waals surface area contributed by atoms with Gasteiger partial charge in [-0.2, -0.15) is 0 Å². The van der Waals surface area contributed by atoms with Gasteiger partial charge >= 0.3 is 7.12 Å². The summed E-state index contributed by atoms with van der Waals surface area (Å²) in [4.78, 5) is 0. The largest absolute Gasteiger partial charge is 0.488 e. The predicted molar refractivity (Wildman–Crippen MR) is 78.7 cm³/mol. The van der Waals surface area contributed by atoms with E-state index < -0.39 is 7.12 Å². The molecular formula is C16H23BO2. The van der Waals surface area contributed by atoms with Crippen molar-refractivity contribution in [3.8, 4) is 0 Å². The SMILES string of the molecule is OB(O)c1ccc(C2CCCC2)cc1C1CCCC1. The zero-order valence-corrected chi connectivity index (χ0v) is 11.5. The molecule has 1 aromatic carbocycles. The van der Waals surface area contributed by atoms with Gasteiger partial charge in [0.15, 0.2) is 0 Å². The summed E-state index contributed by atoms with van der Waals surface area (Å²) in [5.41, 5.74) is 3.36. The van der Waals surface area contributed by atoms with Crippen LogP contribution >= 0.6 is 0 Å². The molecule has 102 valence electrons. The van der Waals surface area contributed by atoms with Crippen LogP contribution in [0.5, 0.6) is 0 Å². The summed E-state index contributed by atoms with van der Waals surface area (Å²) < 4.78 is 0. The molecule has 0 unspecified atom stereocenters. The van der Waals surface area contributed by atoms with Crippen molar-refractivity contribution in [3.63, 3.8) is 0 Å². The molecule has 0 amide bonds. The quantitative estimate of drug-likeness (QED) is 0.818. The van der Waals surface area contributed by atoms with Crippen LogP contribution in [-0.2, 0) is 0 Å². The summed E-state index contributed by atoms with van der Waals surface area (Å²) in [6.45, 7) is 0. The monoisotopic (exact) mass is 258 g/mol. The van der Waals surface area contributed by atoms with Crippen LogP contribution in [0.4, 0.5) is 0 Å². The van der Waals surface area contributed by atoms with Gasteiger partial charge in [0.05, 0.1) is 0 Å². The molecule has 3 heteroatoms. The maximum Gasteiger partial charge on any atom is 0.488 e. The molecule has 2 aliphatic rings. The molecule has 0 radical (unpaired) electrons. The van der Waals surface area contributed by atoms with Gasteiger partial charge in [0.25, 0.3) is 0 Å². The molecule has 0 atom stereocenters. The Morgan fingerprint density at radius 3 is 2.00 bits per heavy atom. The molecule has 0 bridgehead atoms. The van der Waals surface area contributed by atoms with E-state index in [0.717, 1.165) is 5.46 Å². The second-order valence-electron chi connectivity index (χ2n) is 6.22. The second kappa shape index (κ2) is 5.68. The Balaban J connectivity index is 1.93. The average Bonchev–Trinajstić information content (AvgIpc) is 3.11. The first-order chi connectivity index (χ1) is 9.25. The fraction of sp³-hybridized carbons (Fsp3) is 0.625. The van der Waals surface area contributed by atoms with Gasteiger partial charge in [-0.25, -0.2) is 0 Å². The Labute approximate surface area is 116 Å². The molecule has 19 heavy (non-hydrogen) atoms. The molecule has 0 heterocycles. The van der Waals surface area contributed by atoms with Gasteiger partial charge in [-0.3, -0.25) is 0 Å². The molecule has 2 nitrogen and oxygen atoms in total. The van der Waals surface area contributed by atoms with Gasteiger partial charge in [0.1, 0.15) is 0 Å². The van der Waals surface area contributed by atoms with Crippen molar-refractivity contribution in [2.24, 2.45) is 0 Å². The van der Waals surface area contributed by atoms with Crippen LogP contribution in [0.25, 0.3) is 0 Å². The minimum Gasteiger partial charge on any atom is -0.423 e. The second-order valence-corrected chi connectivity index (χ2v) is 6.22. The molecule has 2 fully saturated rings. The Hall–Kier alpha value is -0.795. The minimum atomic E-state index is -1.33. The normalized spacial score (nSPS) is 21.2. The Kier molecular flexibility index (Phi) is 3.95. The van der Waals surface area contributed by atoms with E-state index in [1.54, 1.807) is 0 Å². The summed E-state index contributed by atoms with van der Waals surface area (Å²) in [7, 11) is -1.33. The molecule has 2 aliphatic carbocycles. The first-order valence-electron chi connectivity index (χ1n) is 7.75. The lowest BCUT2D eigenvalue weighted by Gasteiger charge is -2.19. The lowest BCUT2D eigenvalue weighted by Crippen LogP contribution is -2.34. The molecule has 0 aromatic heterocycles. The summed E-state index contributed by atoms with van der Waals surface area (Å²) >= 11 is 0. The van der Waals surface area contributed by atoms with Crippen molar-refractivity contribution in [2.45, 2.75) is 63.2 Å². The number of hydrogen-bond donors (Lipinski definition) is 2. The average molecular weight is 258 g/mol. The van der Waals surface area contributed by atoms with E-state index in [1.807, 2.05) is 6.07 Å². The highest BCUT2D eigenvalue weighted by molar-refractivity contribution is 6.59. The molecule has 3 rings (SSSR count). The van der Waals surface area contributed by atoms with Gasteiger partial charge in [-0.15, -0.1) is 0 Å². The van der Waals surface area contributed by atoms with Crippen molar-refractivity contribution >= 4 is 12.6 Å². The van der Waals surface area contributed by atoms with Crippen LogP contribution in [0.2, 0.25) is 0 Å². The molecule has 0 aliphatic heterocycles.